The van der Waals surface area contributed by atoms with Crippen molar-refractivity contribution >= 4 is 45.0 Å². The zero-order valence-corrected chi connectivity index (χ0v) is 12.9. The Kier molecular flexibility index (Phi) is 3.56. The second-order valence-corrected chi connectivity index (χ2v) is 6.07. The maximum Gasteiger partial charge on any atom is 0.283 e. The summed E-state index contributed by atoms with van der Waals surface area (Å²) in [6.07, 6.45) is 2.04. The van der Waals surface area contributed by atoms with Gasteiger partial charge in [-0.25, -0.2) is 4.90 Å². The van der Waals surface area contributed by atoms with Gasteiger partial charge in [-0.3, -0.25) is 9.59 Å². The Balaban J connectivity index is 1.95. The minimum Gasteiger partial charge on any atom is -0.366 e. The summed E-state index contributed by atoms with van der Waals surface area (Å²) in [6.45, 7) is 1.55. The zero-order valence-electron chi connectivity index (χ0n) is 10.6. The number of hydrogen-bond acceptors (Lipinski definition) is 3. The predicted molar refractivity (Wildman–Crippen MR) is 80.3 cm³/mol. The first-order valence-electron chi connectivity index (χ1n) is 6.38. The van der Waals surface area contributed by atoms with Crippen LogP contribution >= 0.6 is 27.5 Å². The topological polar surface area (TPSA) is 40.6 Å². The molecule has 0 aromatic heterocycles. The lowest BCUT2D eigenvalue weighted by Gasteiger charge is -2.19. The van der Waals surface area contributed by atoms with Crippen molar-refractivity contribution in [2.45, 2.75) is 12.8 Å². The number of benzene rings is 1. The van der Waals surface area contributed by atoms with Crippen LogP contribution in [0.3, 0.4) is 0 Å². The molecule has 0 N–H and O–H groups in total. The largest absolute Gasteiger partial charge is 0.366 e. The van der Waals surface area contributed by atoms with Gasteiger partial charge in [-0.05, 0) is 37.1 Å². The van der Waals surface area contributed by atoms with E-state index >= 15 is 0 Å². The SMILES string of the molecule is O=C1C(Cl)=C(N2CCCC2)C(=O)N1c1ccc(Br)cc1. The molecule has 2 amide bonds. The third-order valence-corrected chi connectivity index (χ3v) is 4.38. The number of halogens is 2. The van der Waals surface area contributed by atoms with E-state index in [1.54, 1.807) is 24.3 Å². The summed E-state index contributed by atoms with van der Waals surface area (Å²) in [7, 11) is 0. The average molecular weight is 356 g/mol. The lowest BCUT2D eigenvalue weighted by molar-refractivity contribution is -0.121. The molecule has 2 aliphatic rings. The summed E-state index contributed by atoms with van der Waals surface area (Å²) in [5.41, 5.74) is 0.882. The van der Waals surface area contributed by atoms with Crippen LogP contribution < -0.4 is 4.90 Å². The van der Waals surface area contributed by atoms with Gasteiger partial charge in [0, 0.05) is 17.6 Å². The molecule has 0 bridgehead atoms. The quantitative estimate of drug-likeness (QED) is 0.766. The lowest BCUT2D eigenvalue weighted by atomic mass is 10.3. The van der Waals surface area contributed by atoms with Gasteiger partial charge in [0.1, 0.15) is 10.7 Å². The first kappa shape index (κ1) is 13.6. The first-order valence-corrected chi connectivity index (χ1v) is 7.56. The van der Waals surface area contributed by atoms with Crippen LogP contribution in [0, 0.1) is 0 Å². The van der Waals surface area contributed by atoms with Crippen molar-refractivity contribution < 1.29 is 9.59 Å². The lowest BCUT2D eigenvalue weighted by Crippen LogP contribution is -2.34. The van der Waals surface area contributed by atoms with Gasteiger partial charge < -0.3 is 4.90 Å². The Morgan fingerprint density at radius 2 is 1.60 bits per heavy atom. The highest BCUT2D eigenvalue weighted by atomic mass is 79.9. The van der Waals surface area contributed by atoms with Crippen LogP contribution in [-0.4, -0.2) is 29.8 Å². The Hall–Kier alpha value is -1.33. The Labute approximate surface area is 130 Å². The second-order valence-electron chi connectivity index (χ2n) is 4.78. The van der Waals surface area contributed by atoms with Crippen LogP contribution in [0.5, 0.6) is 0 Å². The van der Waals surface area contributed by atoms with E-state index in [1.807, 2.05) is 4.90 Å². The van der Waals surface area contributed by atoms with Crippen molar-refractivity contribution in [2.24, 2.45) is 0 Å². The van der Waals surface area contributed by atoms with Gasteiger partial charge in [0.25, 0.3) is 11.8 Å². The highest BCUT2D eigenvalue weighted by molar-refractivity contribution is 9.10. The molecule has 0 spiro atoms. The fraction of sp³-hybridized carbons (Fsp3) is 0.286. The van der Waals surface area contributed by atoms with Crippen molar-refractivity contribution in [1.29, 1.82) is 0 Å². The third-order valence-electron chi connectivity index (χ3n) is 3.51. The Bertz CT molecular complexity index is 606. The number of anilines is 1. The average Bonchev–Trinajstić information content (AvgIpc) is 3.01. The molecular weight excluding hydrogens is 344 g/mol. The third kappa shape index (κ3) is 2.15. The van der Waals surface area contributed by atoms with Crippen molar-refractivity contribution in [3.63, 3.8) is 0 Å². The number of nitrogens with zero attached hydrogens (tertiary/aromatic N) is 2. The van der Waals surface area contributed by atoms with Gasteiger partial charge in [-0.1, -0.05) is 27.5 Å². The van der Waals surface area contributed by atoms with E-state index in [2.05, 4.69) is 15.9 Å². The Morgan fingerprint density at radius 1 is 1.00 bits per heavy atom. The number of imide groups is 1. The summed E-state index contributed by atoms with van der Waals surface area (Å²) in [6, 6.07) is 7.02. The molecule has 0 unspecified atom stereocenters. The van der Waals surface area contributed by atoms with E-state index < -0.39 is 5.91 Å². The predicted octanol–water partition coefficient (Wildman–Crippen LogP) is 2.87. The maximum absolute atomic E-state index is 12.5. The molecule has 20 heavy (non-hydrogen) atoms. The maximum atomic E-state index is 12.5. The van der Waals surface area contributed by atoms with Gasteiger partial charge in [-0.15, -0.1) is 0 Å². The summed E-state index contributed by atoms with van der Waals surface area (Å²) in [4.78, 5) is 27.8. The van der Waals surface area contributed by atoms with E-state index in [0.29, 0.717) is 11.4 Å². The van der Waals surface area contributed by atoms with Gasteiger partial charge in [-0.2, -0.15) is 0 Å². The number of amides is 2. The number of carbonyl (C=O) groups excluding carboxylic acids is 2. The van der Waals surface area contributed by atoms with Crippen LogP contribution in [0.25, 0.3) is 0 Å². The van der Waals surface area contributed by atoms with Crippen molar-refractivity contribution in [1.82, 2.24) is 4.90 Å². The van der Waals surface area contributed by atoms with E-state index in [9.17, 15) is 9.59 Å². The molecule has 4 nitrogen and oxygen atoms in total. The number of carbonyl (C=O) groups is 2. The minimum absolute atomic E-state index is 0.0276. The summed E-state index contributed by atoms with van der Waals surface area (Å²) in [5, 5.41) is 0.0276. The van der Waals surface area contributed by atoms with Gasteiger partial charge in [0.05, 0.1) is 5.69 Å². The van der Waals surface area contributed by atoms with E-state index in [4.69, 9.17) is 11.6 Å². The molecular formula is C14H12BrClN2O2. The highest BCUT2D eigenvalue weighted by Crippen LogP contribution is 2.33. The molecule has 2 heterocycles. The highest BCUT2D eigenvalue weighted by Gasteiger charge is 2.41. The van der Waals surface area contributed by atoms with Crippen molar-refractivity contribution in [3.05, 3.63) is 39.5 Å². The molecule has 1 saturated heterocycles. The fourth-order valence-electron chi connectivity index (χ4n) is 2.53. The number of rotatable bonds is 2. The van der Waals surface area contributed by atoms with E-state index in [0.717, 1.165) is 35.3 Å². The second kappa shape index (κ2) is 5.22. The van der Waals surface area contributed by atoms with Crippen LogP contribution in [0.2, 0.25) is 0 Å². The molecule has 0 atom stereocenters. The van der Waals surface area contributed by atoms with Crippen LogP contribution in [0.15, 0.2) is 39.5 Å². The van der Waals surface area contributed by atoms with Crippen molar-refractivity contribution in [3.8, 4) is 0 Å². The minimum atomic E-state index is -0.444. The molecule has 1 fully saturated rings. The normalized spacial score (nSPS) is 19.5. The summed E-state index contributed by atoms with van der Waals surface area (Å²) < 4.78 is 0.888. The first-order chi connectivity index (χ1) is 9.59. The smallest absolute Gasteiger partial charge is 0.283 e. The molecule has 0 saturated carbocycles. The standard InChI is InChI=1S/C14H12BrClN2O2/c15-9-3-5-10(6-4-9)18-13(19)11(16)12(14(18)20)17-7-1-2-8-17/h3-6H,1-2,7-8H2. The molecule has 2 aliphatic heterocycles. The zero-order chi connectivity index (χ0) is 14.3. The molecule has 6 heteroatoms. The number of likely N-dealkylation sites (tertiary alicyclic amines) is 1. The van der Waals surface area contributed by atoms with Crippen LogP contribution in [-0.2, 0) is 9.59 Å². The monoisotopic (exact) mass is 354 g/mol. The Morgan fingerprint density at radius 3 is 2.20 bits per heavy atom. The van der Waals surface area contributed by atoms with Crippen LogP contribution in [0.4, 0.5) is 5.69 Å². The number of hydrogen-bond donors (Lipinski definition) is 0. The fourth-order valence-corrected chi connectivity index (χ4v) is 3.08. The molecule has 0 radical (unpaired) electrons. The van der Waals surface area contributed by atoms with E-state index in [1.165, 1.54) is 0 Å². The molecule has 0 aliphatic carbocycles. The van der Waals surface area contributed by atoms with E-state index in [-0.39, 0.29) is 10.9 Å². The van der Waals surface area contributed by atoms with Gasteiger partial charge in [0.2, 0.25) is 0 Å². The van der Waals surface area contributed by atoms with Crippen molar-refractivity contribution in [2.75, 3.05) is 18.0 Å². The molecule has 1 aromatic rings. The molecule has 104 valence electrons. The molecule has 3 rings (SSSR count). The van der Waals surface area contributed by atoms with Gasteiger partial charge in [0.15, 0.2) is 0 Å². The summed E-state index contributed by atoms with van der Waals surface area (Å²) >= 11 is 9.42. The molecule has 1 aromatic carbocycles. The van der Waals surface area contributed by atoms with Gasteiger partial charge >= 0.3 is 0 Å². The van der Waals surface area contributed by atoms with Crippen LogP contribution in [0.1, 0.15) is 12.8 Å². The summed E-state index contributed by atoms with van der Waals surface area (Å²) in [5.74, 6) is -0.773.